The molecular weight excluding hydrogens is 238 g/mol. The standard InChI is InChI=1S/C15H23N3O/c1-2-6-15(19)17-12-13-7-8-14(16-11-13)18-9-4-3-5-10-18/h7-8,11H,2-6,9-10,12H2,1H3,(H,17,19). The van der Waals surface area contributed by atoms with Crippen LogP contribution in [0.15, 0.2) is 18.3 Å². The molecule has 104 valence electrons. The van der Waals surface area contributed by atoms with Gasteiger partial charge < -0.3 is 10.2 Å². The lowest BCUT2D eigenvalue weighted by Crippen LogP contribution is -2.30. The normalized spacial score (nSPS) is 15.3. The predicted molar refractivity (Wildman–Crippen MR) is 77.1 cm³/mol. The molecule has 2 heterocycles. The molecule has 1 aromatic rings. The summed E-state index contributed by atoms with van der Waals surface area (Å²) >= 11 is 0. The number of nitrogens with zero attached hydrogens (tertiary/aromatic N) is 2. The molecule has 0 spiro atoms. The molecule has 1 aliphatic heterocycles. The van der Waals surface area contributed by atoms with E-state index in [0.717, 1.165) is 30.9 Å². The van der Waals surface area contributed by atoms with Crippen LogP contribution < -0.4 is 10.2 Å². The Bertz CT molecular complexity index is 396. The number of anilines is 1. The first kappa shape index (κ1) is 13.8. The van der Waals surface area contributed by atoms with Crippen LogP contribution >= 0.6 is 0 Å². The number of piperidine rings is 1. The Morgan fingerprint density at radius 2 is 2.11 bits per heavy atom. The maximum atomic E-state index is 11.4. The fourth-order valence-electron chi connectivity index (χ4n) is 2.35. The van der Waals surface area contributed by atoms with Gasteiger partial charge in [-0.1, -0.05) is 13.0 Å². The highest BCUT2D eigenvalue weighted by molar-refractivity contribution is 5.75. The van der Waals surface area contributed by atoms with Crippen molar-refractivity contribution in [2.45, 2.75) is 45.6 Å². The average Bonchev–Trinajstić information content (AvgIpc) is 2.47. The van der Waals surface area contributed by atoms with Gasteiger partial charge in [-0.2, -0.15) is 0 Å². The Labute approximate surface area is 115 Å². The van der Waals surface area contributed by atoms with E-state index in [0.29, 0.717) is 13.0 Å². The maximum Gasteiger partial charge on any atom is 0.220 e. The van der Waals surface area contributed by atoms with E-state index in [1.807, 2.05) is 13.1 Å². The molecule has 1 aromatic heterocycles. The van der Waals surface area contributed by atoms with E-state index >= 15 is 0 Å². The van der Waals surface area contributed by atoms with Gasteiger partial charge >= 0.3 is 0 Å². The fraction of sp³-hybridized carbons (Fsp3) is 0.600. The molecule has 0 saturated carbocycles. The average molecular weight is 261 g/mol. The van der Waals surface area contributed by atoms with Crippen molar-refractivity contribution in [2.75, 3.05) is 18.0 Å². The minimum Gasteiger partial charge on any atom is -0.357 e. The van der Waals surface area contributed by atoms with E-state index in [4.69, 9.17) is 0 Å². The number of carbonyl (C=O) groups excluding carboxylic acids is 1. The van der Waals surface area contributed by atoms with E-state index in [2.05, 4.69) is 27.3 Å². The third kappa shape index (κ3) is 4.23. The summed E-state index contributed by atoms with van der Waals surface area (Å²) in [5.41, 5.74) is 1.06. The highest BCUT2D eigenvalue weighted by Gasteiger charge is 2.11. The maximum absolute atomic E-state index is 11.4. The van der Waals surface area contributed by atoms with Crippen molar-refractivity contribution in [1.82, 2.24) is 10.3 Å². The Kier molecular flexibility index (Phi) is 5.19. The van der Waals surface area contributed by atoms with Crippen LogP contribution in [0, 0.1) is 0 Å². The lowest BCUT2D eigenvalue weighted by atomic mass is 10.1. The summed E-state index contributed by atoms with van der Waals surface area (Å²) in [5, 5.41) is 2.91. The monoisotopic (exact) mass is 261 g/mol. The van der Waals surface area contributed by atoms with Crippen LogP contribution in [-0.4, -0.2) is 24.0 Å². The van der Waals surface area contributed by atoms with Crippen LogP contribution in [0.3, 0.4) is 0 Å². The molecule has 1 N–H and O–H groups in total. The molecular formula is C15H23N3O. The first-order chi connectivity index (χ1) is 9.29. The number of nitrogens with one attached hydrogen (secondary N) is 1. The molecule has 1 fully saturated rings. The molecule has 2 rings (SSSR count). The van der Waals surface area contributed by atoms with Gasteiger partial charge in [-0.15, -0.1) is 0 Å². The van der Waals surface area contributed by atoms with Crippen molar-refractivity contribution >= 4 is 11.7 Å². The molecule has 1 amide bonds. The van der Waals surface area contributed by atoms with Crippen molar-refractivity contribution in [2.24, 2.45) is 0 Å². The van der Waals surface area contributed by atoms with Crippen LogP contribution in [0.2, 0.25) is 0 Å². The Hall–Kier alpha value is -1.58. The zero-order valence-electron chi connectivity index (χ0n) is 11.7. The van der Waals surface area contributed by atoms with E-state index in [-0.39, 0.29) is 5.91 Å². The number of aromatic nitrogens is 1. The summed E-state index contributed by atoms with van der Waals surface area (Å²) in [5.74, 6) is 1.17. The summed E-state index contributed by atoms with van der Waals surface area (Å²) in [7, 11) is 0. The van der Waals surface area contributed by atoms with Crippen LogP contribution in [0.1, 0.15) is 44.6 Å². The summed E-state index contributed by atoms with van der Waals surface area (Å²) in [4.78, 5) is 18.2. The minimum atomic E-state index is 0.114. The molecule has 4 nitrogen and oxygen atoms in total. The van der Waals surface area contributed by atoms with Crippen LogP contribution in [0.5, 0.6) is 0 Å². The molecule has 1 aliphatic rings. The summed E-state index contributed by atoms with van der Waals surface area (Å²) in [6.45, 7) is 4.81. The Morgan fingerprint density at radius 1 is 1.32 bits per heavy atom. The van der Waals surface area contributed by atoms with Crippen LogP contribution in [0.4, 0.5) is 5.82 Å². The second kappa shape index (κ2) is 7.12. The number of rotatable bonds is 5. The highest BCUT2D eigenvalue weighted by Crippen LogP contribution is 2.17. The van der Waals surface area contributed by atoms with Gasteiger partial charge in [0.05, 0.1) is 0 Å². The van der Waals surface area contributed by atoms with Crippen LogP contribution in [-0.2, 0) is 11.3 Å². The lowest BCUT2D eigenvalue weighted by Gasteiger charge is -2.27. The van der Waals surface area contributed by atoms with Crippen molar-refractivity contribution in [3.05, 3.63) is 23.9 Å². The van der Waals surface area contributed by atoms with Crippen molar-refractivity contribution in [3.8, 4) is 0 Å². The van der Waals surface area contributed by atoms with Gasteiger partial charge in [0.25, 0.3) is 0 Å². The van der Waals surface area contributed by atoms with E-state index in [9.17, 15) is 4.79 Å². The minimum absolute atomic E-state index is 0.114. The molecule has 0 aromatic carbocycles. The molecule has 1 saturated heterocycles. The molecule has 19 heavy (non-hydrogen) atoms. The third-order valence-corrected chi connectivity index (χ3v) is 3.46. The number of carbonyl (C=O) groups is 1. The molecule has 0 atom stereocenters. The van der Waals surface area contributed by atoms with Crippen molar-refractivity contribution in [1.29, 1.82) is 0 Å². The Balaban J connectivity index is 1.85. The number of amides is 1. The quantitative estimate of drug-likeness (QED) is 0.885. The lowest BCUT2D eigenvalue weighted by molar-refractivity contribution is -0.121. The third-order valence-electron chi connectivity index (χ3n) is 3.46. The van der Waals surface area contributed by atoms with E-state index in [1.165, 1.54) is 19.3 Å². The smallest absolute Gasteiger partial charge is 0.220 e. The van der Waals surface area contributed by atoms with Gasteiger partial charge in [-0.3, -0.25) is 4.79 Å². The van der Waals surface area contributed by atoms with Gasteiger partial charge in [-0.25, -0.2) is 4.98 Å². The number of hydrogen-bond donors (Lipinski definition) is 1. The topological polar surface area (TPSA) is 45.2 Å². The zero-order valence-corrected chi connectivity index (χ0v) is 11.7. The largest absolute Gasteiger partial charge is 0.357 e. The first-order valence-corrected chi connectivity index (χ1v) is 7.26. The van der Waals surface area contributed by atoms with Crippen molar-refractivity contribution in [3.63, 3.8) is 0 Å². The molecule has 0 unspecified atom stereocenters. The second-order valence-corrected chi connectivity index (χ2v) is 5.10. The van der Waals surface area contributed by atoms with Gasteiger partial charge in [-0.05, 0) is 37.3 Å². The van der Waals surface area contributed by atoms with E-state index in [1.54, 1.807) is 0 Å². The summed E-state index contributed by atoms with van der Waals surface area (Å²) < 4.78 is 0. The van der Waals surface area contributed by atoms with Crippen molar-refractivity contribution < 1.29 is 4.79 Å². The highest BCUT2D eigenvalue weighted by atomic mass is 16.1. The first-order valence-electron chi connectivity index (χ1n) is 7.26. The Morgan fingerprint density at radius 3 is 2.74 bits per heavy atom. The molecule has 4 heteroatoms. The van der Waals surface area contributed by atoms with Gasteiger partial charge in [0.1, 0.15) is 5.82 Å². The predicted octanol–water partition coefficient (Wildman–Crippen LogP) is 2.49. The van der Waals surface area contributed by atoms with Crippen LogP contribution in [0.25, 0.3) is 0 Å². The molecule has 0 aliphatic carbocycles. The number of pyridine rings is 1. The molecule has 0 bridgehead atoms. The SMILES string of the molecule is CCCC(=O)NCc1ccc(N2CCCCC2)nc1. The van der Waals surface area contributed by atoms with Gasteiger partial charge in [0.2, 0.25) is 5.91 Å². The second-order valence-electron chi connectivity index (χ2n) is 5.10. The van der Waals surface area contributed by atoms with Gasteiger partial charge in [0, 0.05) is 32.3 Å². The summed E-state index contributed by atoms with van der Waals surface area (Å²) in [6, 6.07) is 4.12. The number of hydrogen-bond acceptors (Lipinski definition) is 3. The summed E-state index contributed by atoms with van der Waals surface area (Å²) in [6.07, 6.45) is 7.21. The molecule has 0 radical (unpaired) electrons. The zero-order chi connectivity index (χ0) is 13.5. The fourth-order valence-corrected chi connectivity index (χ4v) is 2.35. The van der Waals surface area contributed by atoms with Gasteiger partial charge in [0.15, 0.2) is 0 Å². The van der Waals surface area contributed by atoms with E-state index < -0.39 is 0 Å².